The van der Waals surface area contributed by atoms with Gasteiger partial charge in [-0.15, -0.1) is 0 Å². The minimum atomic E-state index is -0.951. The molecule has 0 fully saturated rings. The highest BCUT2D eigenvalue weighted by Crippen LogP contribution is 2.13. The van der Waals surface area contributed by atoms with E-state index in [0.29, 0.717) is 5.56 Å². The van der Waals surface area contributed by atoms with Crippen molar-refractivity contribution in [3.05, 3.63) is 35.1 Å². The first-order valence-electron chi connectivity index (χ1n) is 6.08. The normalized spacial score (nSPS) is 9.85. The van der Waals surface area contributed by atoms with Crippen molar-refractivity contribution in [2.45, 2.75) is 25.8 Å². The van der Waals surface area contributed by atoms with Crippen LogP contribution in [0.25, 0.3) is 0 Å². The van der Waals surface area contributed by atoms with Crippen molar-refractivity contribution in [3.63, 3.8) is 0 Å². The number of aliphatic carboxylic acids is 1. The van der Waals surface area contributed by atoms with E-state index in [1.165, 1.54) is 30.1 Å². The summed E-state index contributed by atoms with van der Waals surface area (Å²) >= 11 is 0. The molecule has 0 aliphatic carbocycles. The topological polar surface area (TPSA) is 81.4 Å². The Kier molecular flexibility index (Phi) is 5.66. The van der Waals surface area contributed by atoms with Gasteiger partial charge in [0.25, 0.3) is 0 Å². The molecule has 1 aromatic rings. The largest absolute Gasteiger partial charge is 0.481 e. The Bertz CT molecular complexity index is 552. The Hall–Kier alpha value is -2.42. The molecule has 0 aliphatic heterocycles. The van der Waals surface area contributed by atoms with Crippen LogP contribution in [0.5, 0.6) is 0 Å². The van der Waals surface area contributed by atoms with E-state index in [0.717, 1.165) is 0 Å². The van der Waals surface area contributed by atoms with Crippen molar-refractivity contribution in [2.24, 2.45) is 0 Å². The maximum Gasteiger partial charge on any atom is 0.303 e. The highest BCUT2D eigenvalue weighted by Gasteiger charge is 2.12. The van der Waals surface area contributed by atoms with Crippen LogP contribution in [0.1, 0.15) is 30.4 Å². The van der Waals surface area contributed by atoms with Crippen molar-refractivity contribution in [3.8, 4) is 6.07 Å². The lowest BCUT2D eigenvalue weighted by atomic mass is 10.1. The average Bonchev–Trinajstić information content (AvgIpc) is 2.40. The Morgan fingerprint density at radius 1 is 1.40 bits per heavy atom. The Labute approximate surface area is 116 Å². The van der Waals surface area contributed by atoms with Gasteiger partial charge in [-0.1, -0.05) is 0 Å². The molecule has 0 atom stereocenters. The minimum Gasteiger partial charge on any atom is -0.481 e. The van der Waals surface area contributed by atoms with Gasteiger partial charge in [0, 0.05) is 32.0 Å². The minimum absolute atomic E-state index is 0.0489. The van der Waals surface area contributed by atoms with E-state index in [1.54, 1.807) is 0 Å². The first kappa shape index (κ1) is 15.6. The molecule has 0 radical (unpaired) electrons. The Balaban J connectivity index is 2.61. The van der Waals surface area contributed by atoms with Crippen LogP contribution < -0.4 is 0 Å². The maximum atomic E-state index is 13.6. The molecule has 5 nitrogen and oxygen atoms in total. The van der Waals surface area contributed by atoms with Gasteiger partial charge in [0.05, 0.1) is 11.6 Å². The van der Waals surface area contributed by atoms with Crippen LogP contribution in [-0.2, 0) is 16.1 Å². The highest BCUT2D eigenvalue weighted by atomic mass is 19.1. The van der Waals surface area contributed by atoms with E-state index in [4.69, 9.17) is 10.4 Å². The smallest absolute Gasteiger partial charge is 0.303 e. The molecule has 0 saturated heterocycles. The summed E-state index contributed by atoms with van der Waals surface area (Å²) in [7, 11) is 1.52. The number of carbonyl (C=O) groups is 2. The quantitative estimate of drug-likeness (QED) is 0.861. The summed E-state index contributed by atoms with van der Waals surface area (Å²) in [6.07, 6.45) is 0.277. The molecule has 106 valence electrons. The number of nitrogens with zero attached hydrogens (tertiary/aromatic N) is 2. The van der Waals surface area contributed by atoms with Crippen molar-refractivity contribution >= 4 is 11.9 Å². The highest BCUT2D eigenvalue weighted by molar-refractivity contribution is 5.76. The zero-order valence-electron chi connectivity index (χ0n) is 11.1. The van der Waals surface area contributed by atoms with E-state index >= 15 is 0 Å². The fourth-order valence-electron chi connectivity index (χ4n) is 1.69. The molecule has 20 heavy (non-hydrogen) atoms. The summed E-state index contributed by atoms with van der Waals surface area (Å²) in [5, 5.41) is 17.2. The van der Waals surface area contributed by atoms with Crippen LogP contribution in [-0.4, -0.2) is 28.9 Å². The van der Waals surface area contributed by atoms with Crippen molar-refractivity contribution in [1.82, 2.24) is 4.90 Å². The van der Waals surface area contributed by atoms with Crippen molar-refractivity contribution in [1.29, 1.82) is 5.26 Å². The average molecular weight is 278 g/mol. The van der Waals surface area contributed by atoms with Crippen LogP contribution in [0.15, 0.2) is 18.2 Å². The molecule has 1 N–H and O–H groups in total. The lowest BCUT2D eigenvalue weighted by Crippen LogP contribution is -2.26. The standard InChI is InChI=1S/C14H15FN2O3/c1-17(13(18)3-2-4-14(19)20)9-11-7-10(8-16)5-6-12(11)15/h5-7H,2-4,9H2,1H3,(H,19,20). The Morgan fingerprint density at radius 2 is 2.10 bits per heavy atom. The number of nitriles is 1. The summed E-state index contributed by atoms with van der Waals surface area (Å²) in [5.74, 6) is -1.68. The number of rotatable bonds is 6. The van der Waals surface area contributed by atoms with Gasteiger partial charge in [-0.3, -0.25) is 9.59 Å². The molecule has 0 unspecified atom stereocenters. The molecule has 0 saturated carbocycles. The number of benzene rings is 1. The maximum absolute atomic E-state index is 13.6. The van der Waals surface area contributed by atoms with Gasteiger partial charge in [0.15, 0.2) is 0 Å². The van der Waals surface area contributed by atoms with E-state index in [1.807, 2.05) is 6.07 Å². The molecule has 1 rings (SSSR count). The number of carboxylic acids is 1. The predicted octanol–water partition coefficient (Wildman–Crippen LogP) is 1.91. The van der Waals surface area contributed by atoms with Crippen LogP contribution in [0, 0.1) is 17.1 Å². The molecule has 1 amide bonds. The van der Waals surface area contributed by atoms with E-state index in [2.05, 4.69) is 0 Å². The third-order valence-corrected chi connectivity index (χ3v) is 2.79. The fourth-order valence-corrected chi connectivity index (χ4v) is 1.69. The van der Waals surface area contributed by atoms with Gasteiger partial charge in [-0.05, 0) is 24.6 Å². The number of halogens is 1. The van der Waals surface area contributed by atoms with Crippen molar-refractivity contribution in [2.75, 3.05) is 7.05 Å². The van der Waals surface area contributed by atoms with Gasteiger partial charge in [0.2, 0.25) is 5.91 Å². The molecule has 0 bridgehead atoms. The molecule has 6 heteroatoms. The second kappa shape index (κ2) is 7.24. The van der Waals surface area contributed by atoms with Gasteiger partial charge in [-0.25, -0.2) is 4.39 Å². The number of hydrogen-bond donors (Lipinski definition) is 1. The van der Waals surface area contributed by atoms with Gasteiger partial charge in [-0.2, -0.15) is 5.26 Å². The summed E-state index contributed by atoms with van der Waals surface area (Å²) in [4.78, 5) is 23.4. The summed E-state index contributed by atoms with van der Waals surface area (Å²) < 4.78 is 13.6. The third kappa shape index (κ3) is 4.69. The van der Waals surface area contributed by atoms with Gasteiger partial charge >= 0.3 is 5.97 Å². The number of amides is 1. The summed E-state index contributed by atoms with van der Waals surface area (Å²) in [6, 6.07) is 5.87. The summed E-state index contributed by atoms with van der Waals surface area (Å²) in [6.45, 7) is 0.0489. The molecule has 0 spiro atoms. The lowest BCUT2D eigenvalue weighted by molar-refractivity contribution is -0.137. The predicted molar refractivity (Wildman–Crippen MR) is 69.1 cm³/mol. The SMILES string of the molecule is CN(Cc1cc(C#N)ccc1F)C(=O)CCCC(=O)O. The van der Waals surface area contributed by atoms with E-state index in [9.17, 15) is 14.0 Å². The summed E-state index contributed by atoms with van der Waals surface area (Å²) in [5.41, 5.74) is 0.589. The van der Waals surface area contributed by atoms with Crippen LogP contribution in [0.3, 0.4) is 0 Å². The lowest BCUT2D eigenvalue weighted by Gasteiger charge is -2.17. The van der Waals surface area contributed by atoms with E-state index < -0.39 is 11.8 Å². The molecular formula is C14H15FN2O3. The molecular weight excluding hydrogens is 263 g/mol. The molecule has 0 aliphatic rings. The van der Waals surface area contributed by atoms with Gasteiger partial charge in [0.1, 0.15) is 5.82 Å². The van der Waals surface area contributed by atoms with Crippen molar-refractivity contribution < 1.29 is 19.1 Å². The molecule has 0 heterocycles. The zero-order valence-corrected chi connectivity index (χ0v) is 11.1. The monoisotopic (exact) mass is 278 g/mol. The second-order valence-corrected chi connectivity index (χ2v) is 4.42. The molecule has 0 aromatic heterocycles. The first-order chi connectivity index (χ1) is 9.43. The van der Waals surface area contributed by atoms with Crippen LogP contribution in [0.2, 0.25) is 0 Å². The Morgan fingerprint density at radius 3 is 2.70 bits per heavy atom. The van der Waals surface area contributed by atoms with Gasteiger partial charge < -0.3 is 10.0 Å². The first-order valence-corrected chi connectivity index (χ1v) is 6.08. The second-order valence-electron chi connectivity index (χ2n) is 4.42. The number of hydrogen-bond acceptors (Lipinski definition) is 3. The van der Waals surface area contributed by atoms with E-state index in [-0.39, 0.29) is 37.3 Å². The fraction of sp³-hybridized carbons (Fsp3) is 0.357. The van der Waals surface area contributed by atoms with Crippen LogP contribution >= 0.6 is 0 Å². The molecule has 1 aromatic carbocycles. The third-order valence-electron chi connectivity index (χ3n) is 2.79. The zero-order chi connectivity index (χ0) is 15.1. The number of carboxylic acid groups (broad SMARTS) is 1. The number of carbonyl (C=O) groups excluding carboxylic acids is 1. The van der Waals surface area contributed by atoms with Crippen LogP contribution in [0.4, 0.5) is 4.39 Å².